The molecule has 0 radical (unpaired) electrons. The van der Waals surface area contributed by atoms with Crippen molar-refractivity contribution < 1.29 is 14.7 Å². The Morgan fingerprint density at radius 2 is 2.19 bits per heavy atom. The topological polar surface area (TPSA) is 93.0 Å². The van der Waals surface area contributed by atoms with Gasteiger partial charge in [0.05, 0.1) is 18.0 Å². The minimum absolute atomic E-state index is 0.475. The second kappa shape index (κ2) is 3.66. The fraction of sp³-hybridized carbons (Fsp3) is 0.182. The Hall–Kier alpha value is -2.35. The van der Waals surface area contributed by atoms with Gasteiger partial charge in [0.2, 0.25) is 5.91 Å². The summed E-state index contributed by atoms with van der Waals surface area (Å²) in [4.78, 5) is 22.3. The first kappa shape index (κ1) is 10.2. The largest absolute Gasteiger partial charge is 0.549 e. The standard InChI is InChI=1S/C11H8N2O3/c12-5-7(11(15)16)9-6-3-1-2-4-8(6)13-10(9)14/h1-4,7,9H,(H,13,14)(H,15,16)/p-1/t7-,9+/m1/s1. The molecule has 5 nitrogen and oxygen atoms in total. The van der Waals surface area contributed by atoms with Crippen molar-refractivity contribution in [2.24, 2.45) is 5.92 Å². The summed E-state index contributed by atoms with van der Waals surface area (Å²) in [5, 5.41) is 22.0. The number of rotatable bonds is 2. The number of benzene rings is 1. The van der Waals surface area contributed by atoms with Crippen LogP contribution in [0.3, 0.4) is 0 Å². The number of carbonyl (C=O) groups excluding carboxylic acids is 2. The van der Waals surface area contributed by atoms with Crippen LogP contribution in [0.15, 0.2) is 24.3 Å². The summed E-state index contributed by atoms with van der Waals surface area (Å²) in [6.45, 7) is 0. The fourth-order valence-corrected chi connectivity index (χ4v) is 1.83. The van der Waals surface area contributed by atoms with Crippen molar-refractivity contribution in [2.45, 2.75) is 5.92 Å². The first-order valence-electron chi connectivity index (χ1n) is 4.65. The summed E-state index contributed by atoms with van der Waals surface area (Å²) >= 11 is 0. The molecule has 0 saturated heterocycles. The third-order valence-electron chi connectivity index (χ3n) is 2.56. The fourth-order valence-electron chi connectivity index (χ4n) is 1.83. The van der Waals surface area contributed by atoms with Crippen LogP contribution in [0, 0.1) is 17.2 Å². The minimum atomic E-state index is -1.53. The van der Waals surface area contributed by atoms with Crippen LogP contribution in [-0.4, -0.2) is 11.9 Å². The Balaban J connectivity index is 2.47. The summed E-state index contributed by atoms with van der Waals surface area (Å²) in [5.41, 5.74) is 1.09. The van der Waals surface area contributed by atoms with Gasteiger partial charge in [-0.25, -0.2) is 0 Å². The lowest BCUT2D eigenvalue weighted by atomic mass is 9.88. The van der Waals surface area contributed by atoms with Crippen LogP contribution >= 0.6 is 0 Å². The summed E-state index contributed by atoms with van der Waals surface area (Å²) in [5.74, 6) is -4.44. The number of hydrogen-bond donors (Lipinski definition) is 1. The molecule has 16 heavy (non-hydrogen) atoms. The number of nitriles is 1. The molecule has 2 atom stereocenters. The second-order valence-electron chi connectivity index (χ2n) is 3.48. The van der Waals surface area contributed by atoms with Crippen molar-refractivity contribution in [1.82, 2.24) is 0 Å². The molecular formula is C11H7N2O3-. The molecule has 1 aliphatic heterocycles. The van der Waals surface area contributed by atoms with E-state index in [0.717, 1.165) is 0 Å². The molecule has 0 saturated carbocycles. The van der Waals surface area contributed by atoms with E-state index in [9.17, 15) is 14.7 Å². The maximum Gasteiger partial charge on any atom is 0.233 e. The second-order valence-corrected chi connectivity index (χ2v) is 3.48. The monoisotopic (exact) mass is 215 g/mol. The predicted molar refractivity (Wildman–Crippen MR) is 51.9 cm³/mol. The summed E-state index contributed by atoms with van der Waals surface area (Å²) in [6.07, 6.45) is 0. The zero-order valence-corrected chi connectivity index (χ0v) is 8.14. The zero-order valence-electron chi connectivity index (χ0n) is 8.14. The number of fused-ring (bicyclic) bond motifs is 1. The van der Waals surface area contributed by atoms with Gasteiger partial charge in [0.1, 0.15) is 5.92 Å². The lowest BCUT2D eigenvalue weighted by molar-refractivity contribution is -0.309. The van der Waals surface area contributed by atoms with Gasteiger partial charge in [-0.1, -0.05) is 18.2 Å². The highest BCUT2D eigenvalue weighted by Gasteiger charge is 2.37. The minimum Gasteiger partial charge on any atom is -0.549 e. The van der Waals surface area contributed by atoms with E-state index in [-0.39, 0.29) is 0 Å². The van der Waals surface area contributed by atoms with Gasteiger partial charge in [-0.3, -0.25) is 4.79 Å². The van der Waals surface area contributed by atoms with Gasteiger partial charge in [0, 0.05) is 5.69 Å². The van der Waals surface area contributed by atoms with Crippen LogP contribution in [0.4, 0.5) is 5.69 Å². The third kappa shape index (κ3) is 1.41. The van der Waals surface area contributed by atoms with E-state index in [2.05, 4.69) is 5.32 Å². The van der Waals surface area contributed by atoms with Crippen LogP contribution in [-0.2, 0) is 9.59 Å². The summed E-state index contributed by atoms with van der Waals surface area (Å²) in [6, 6.07) is 8.30. The smallest absolute Gasteiger partial charge is 0.233 e. The molecule has 1 amide bonds. The molecular weight excluding hydrogens is 208 g/mol. The van der Waals surface area contributed by atoms with Gasteiger partial charge >= 0.3 is 0 Å². The first-order chi connectivity index (χ1) is 7.65. The number of hydrogen-bond acceptors (Lipinski definition) is 4. The lowest BCUT2D eigenvalue weighted by Gasteiger charge is -2.15. The van der Waals surface area contributed by atoms with Crippen LogP contribution < -0.4 is 10.4 Å². The summed E-state index contributed by atoms with van der Waals surface area (Å²) in [7, 11) is 0. The number of para-hydroxylation sites is 1. The molecule has 1 aromatic rings. The van der Waals surface area contributed by atoms with Gasteiger partial charge in [-0.2, -0.15) is 5.26 Å². The van der Waals surface area contributed by atoms with E-state index in [0.29, 0.717) is 11.3 Å². The lowest BCUT2D eigenvalue weighted by Crippen LogP contribution is -2.36. The van der Waals surface area contributed by atoms with Crippen LogP contribution in [0.2, 0.25) is 0 Å². The van der Waals surface area contributed by atoms with Crippen LogP contribution in [0.25, 0.3) is 0 Å². The number of aliphatic carboxylic acids is 1. The van der Waals surface area contributed by atoms with E-state index in [1.54, 1.807) is 30.3 Å². The molecule has 1 aliphatic rings. The quantitative estimate of drug-likeness (QED) is 0.727. The normalized spacial score (nSPS) is 19.4. The van der Waals surface area contributed by atoms with Gasteiger partial charge in [0.15, 0.2) is 0 Å². The van der Waals surface area contributed by atoms with Crippen LogP contribution in [0.1, 0.15) is 11.5 Å². The van der Waals surface area contributed by atoms with E-state index in [1.165, 1.54) is 0 Å². The van der Waals surface area contributed by atoms with Gasteiger partial charge in [0.25, 0.3) is 0 Å². The molecule has 0 bridgehead atoms. The summed E-state index contributed by atoms with van der Waals surface area (Å²) < 4.78 is 0. The molecule has 2 rings (SSSR count). The van der Waals surface area contributed by atoms with E-state index < -0.39 is 23.7 Å². The molecule has 5 heteroatoms. The van der Waals surface area contributed by atoms with E-state index >= 15 is 0 Å². The molecule has 1 aromatic carbocycles. The average Bonchev–Trinajstić information content (AvgIpc) is 2.57. The van der Waals surface area contributed by atoms with Gasteiger partial charge < -0.3 is 15.2 Å². The van der Waals surface area contributed by atoms with Crippen molar-refractivity contribution >= 4 is 17.6 Å². The van der Waals surface area contributed by atoms with Gasteiger partial charge in [-0.05, 0) is 11.6 Å². The Labute approximate surface area is 91.3 Å². The van der Waals surface area contributed by atoms with Crippen LogP contribution in [0.5, 0.6) is 0 Å². The number of carboxylic acid groups (broad SMARTS) is 1. The highest BCUT2D eigenvalue weighted by atomic mass is 16.4. The number of amides is 1. The van der Waals surface area contributed by atoms with Crippen molar-refractivity contribution in [3.05, 3.63) is 29.8 Å². The number of nitrogens with zero attached hydrogens (tertiary/aromatic N) is 1. The third-order valence-corrected chi connectivity index (χ3v) is 2.56. The first-order valence-corrected chi connectivity index (χ1v) is 4.65. The molecule has 80 valence electrons. The number of carboxylic acids is 1. The SMILES string of the molecule is N#C[C@@H](C(=O)[O-])[C@H]1C(=O)Nc2ccccc21. The molecule has 0 unspecified atom stereocenters. The Bertz CT molecular complexity index is 504. The number of nitrogens with one attached hydrogen (secondary N) is 1. The number of carbonyl (C=O) groups is 2. The van der Waals surface area contributed by atoms with Crippen molar-refractivity contribution in [3.63, 3.8) is 0 Å². The van der Waals surface area contributed by atoms with Crippen molar-refractivity contribution in [1.29, 1.82) is 5.26 Å². The molecule has 1 heterocycles. The van der Waals surface area contributed by atoms with E-state index in [4.69, 9.17) is 5.26 Å². The molecule has 0 fully saturated rings. The van der Waals surface area contributed by atoms with Crippen molar-refractivity contribution in [3.8, 4) is 6.07 Å². The molecule has 1 N–H and O–H groups in total. The Kier molecular flexibility index (Phi) is 2.33. The Morgan fingerprint density at radius 1 is 1.50 bits per heavy atom. The maximum absolute atomic E-state index is 11.6. The molecule has 0 aromatic heterocycles. The number of anilines is 1. The van der Waals surface area contributed by atoms with E-state index in [1.807, 2.05) is 0 Å². The average molecular weight is 215 g/mol. The van der Waals surface area contributed by atoms with Crippen molar-refractivity contribution in [2.75, 3.05) is 5.32 Å². The molecule has 0 spiro atoms. The zero-order chi connectivity index (χ0) is 11.7. The van der Waals surface area contributed by atoms with Gasteiger partial charge in [-0.15, -0.1) is 0 Å². The highest BCUT2D eigenvalue weighted by molar-refractivity contribution is 6.05. The Morgan fingerprint density at radius 3 is 2.81 bits per heavy atom. The molecule has 0 aliphatic carbocycles. The highest BCUT2D eigenvalue weighted by Crippen LogP contribution is 2.36. The predicted octanol–water partition coefficient (Wildman–Crippen LogP) is -0.388. The maximum atomic E-state index is 11.6.